The summed E-state index contributed by atoms with van der Waals surface area (Å²) >= 11 is 0. The standard InChI is InChI=1S/C26H24F2N4O3/c1-16-14-31(15-29-16)22-6-5-17(11-23(22)33-2)10-18-4-3-8-32-25(18)30-35-26(32)7-9-34-24-20(26)12-19(27)13-21(24)28/h5-6,10-15H,3-4,7-9H2,1-2H3/b18-10+. The van der Waals surface area contributed by atoms with Crippen LogP contribution >= 0.6 is 0 Å². The van der Waals surface area contributed by atoms with Crippen molar-refractivity contribution in [3.05, 3.63) is 76.9 Å². The van der Waals surface area contributed by atoms with Gasteiger partial charge in [-0.25, -0.2) is 13.8 Å². The van der Waals surface area contributed by atoms with E-state index < -0.39 is 17.4 Å². The van der Waals surface area contributed by atoms with Gasteiger partial charge >= 0.3 is 0 Å². The fourth-order valence-corrected chi connectivity index (χ4v) is 5.13. The van der Waals surface area contributed by atoms with Gasteiger partial charge in [0, 0.05) is 25.2 Å². The molecule has 1 fully saturated rings. The Bertz CT molecular complexity index is 1380. The number of benzene rings is 2. The lowest BCUT2D eigenvalue weighted by Crippen LogP contribution is -2.51. The quantitative estimate of drug-likeness (QED) is 0.535. The Morgan fingerprint density at radius 3 is 2.89 bits per heavy atom. The van der Waals surface area contributed by atoms with Crippen LogP contribution < -0.4 is 9.47 Å². The Balaban J connectivity index is 1.35. The molecular formula is C26H24F2N4O3. The first-order chi connectivity index (χ1) is 17.0. The summed E-state index contributed by atoms with van der Waals surface area (Å²) in [6.45, 7) is 2.85. The van der Waals surface area contributed by atoms with E-state index >= 15 is 0 Å². The minimum Gasteiger partial charge on any atom is -0.495 e. The Morgan fingerprint density at radius 1 is 1.20 bits per heavy atom. The van der Waals surface area contributed by atoms with Gasteiger partial charge in [0.2, 0.25) is 5.72 Å². The molecule has 0 N–H and O–H groups in total. The van der Waals surface area contributed by atoms with E-state index in [4.69, 9.17) is 14.3 Å². The first-order valence-electron chi connectivity index (χ1n) is 11.5. The van der Waals surface area contributed by atoms with Gasteiger partial charge in [0.05, 0.1) is 37.0 Å². The predicted octanol–water partition coefficient (Wildman–Crippen LogP) is 4.93. The summed E-state index contributed by atoms with van der Waals surface area (Å²) in [6.07, 6.45) is 7.83. The van der Waals surface area contributed by atoms with Crippen LogP contribution in [0.2, 0.25) is 0 Å². The van der Waals surface area contributed by atoms with Gasteiger partial charge in [-0.3, -0.25) is 0 Å². The molecule has 6 rings (SSSR count). The number of hydrogen-bond acceptors (Lipinski definition) is 6. The van der Waals surface area contributed by atoms with E-state index in [1.165, 1.54) is 6.07 Å². The van der Waals surface area contributed by atoms with Crippen LogP contribution in [0.1, 0.15) is 36.1 Å². The molecule has 0 bridgehead atoms. The van der Waals surface area contributed by atoms with Gasteiger partial charge in [0.25, 0.3) is 0 Å². The van der Waals surface area contributed by atoms with Crippen LogP contribution in [0, 0.1) is 18.6 Å². The molecule has 9 heteroatoms. The second-order valence-corrected chi connectivity index (χ2v) is 8.93. The summed E-state index contributed by atoms with van der Waals surface area (Å²) in [7, 11) is 1.64. The number of amidine groups is 1. The molecule has 1 aromatic heterocycles. The van der Waals surface area contributed by atoms with E-state index in [9.17, 15) is 8.78 Å². The van der Waals surface area contributed by atoms with Crippen LogP contribution in [-0.2, 0) is 10.6 Å². The predicted molar refractivity (Wildman–Crippen MR) is 125 cm³/mol. The molecule has 1 saturated heterocycles. The van der Waals surface area contributed by atoms with Crippen molar-refractivity contribution in [2.75, 3.05) is 20.3 Å². The highest BCUT2D eigenvalue weighted by Crippen LogP contribution is 2.49. The van der Waals surface area contributed by atoms with Crippen molar-refractivity contribution in [2.45, 2.75) is 31.9 Å². The van der Waals surface area contributed by atoms with Crippen LogP contribution in [-0.4, -0.2) is 40.5 Å². The largest absolute Gasteiger partial charge is 0.495 e. The zero-order valence-electron chi connectivity index (χ0n) is 19.4. The molecule has 0 radical (unpaired) electrons. The fourth-order valence-electron chi connectivity index (χ4n) is 5.13. The third-order valence-electron chi connectivity index (χ3n) is 6.74. The number of aromatic nitrogens is 2. The van der Waals surface area contributed by atoms with Crippen LogP contribution in [0.3, 0.4) is 0 Å². The molecule has 1 atom stereocenters. The van der Waals surface area contributed by atoms with Gasteiger partial charge in [0.1, 0.15) is 11.6 Å². The molecule has 180 valence electrons. The van der Waals surface area contributed by atoms with Crippen LogP contribution in [0.4, 0.5) is 8.78 Å². The Hall–Kier alpha value is -3.88. The van der Waals surface area contributed by atoms with E-state index in [2.05, 4.69) is 16.2 Å². The molecule has 1 spiro atoms. The molecule has 0 aliphatic carbocycles. The summed E-state index contributed by atoms with van der Waals surface area (Å²) in [5, 5.41) is 4.41. The molecule has 7 nitrogen and oxygen atoms in total. The highest BCUT2D eigenvalue weighted by Gasteiger charge is 2.53. The molecule has 3 aliphatic rings. The molecule has 4 heterocycles. The number of hydrogen-bond donors (Lipinski definition) is 0. The minimum atomic E-state index is -1.08. The van der Waals surface area contributed by atoms with Gasteiger partial charge < -0.3 is 23.8 Å². The number of aryl methyl sites for hydroxylation is 1. The van der Waals surface area contributed by atoms with Gasteiger partial charge in [-0.05, 0) is 55.2 Å². The maximum absolute atomic E-state index is 14.5. The first kappa shape index (κ1) is 21.6. The highest BCUT2D eigenvalue weighted by molar-refractivity contribution is 6.03. The normalized spacial score (nSPS) is 21.9. The zero-order valence-corrected chi connectivity index (χ0v) is 19.4. The molecule has 0 saturated carbocycles. The Morgan fingerprint density at radius 2 is 2.09 bits per heavy atom. The van der Waals surface area contributed by atoms with Gasteiger partial charge in [-0.15, -0.1) is 0 Å². The van der Waals surface area contributed by atoms with Crippen LogP contribution in [0.15, 0.2) is 53.6 Å². The third kappa shape index (κ3) is 3.45. The summed E-state index contributed by atoms with van der Waals surface area (Å²) in [5.41, 5.74) is 3.01. The molecule has 1 unspecified atom stereocenters. The maximum Gasteiger partial charge on any atom is 0.244 e. The van der Waals surface area contributed by atoms with Gasteiger partial charge in [-0.2, -0.15) is 0 Å². The molecule has 0 amide bonds. The summed E-state index contributed by atoms with van der Waals surface area (Å²) in [5.74, 6) is 0.0255. The van der Waals surface area contributed by atoms with Crippen molar-refractivity contribution in [3.8, 4) is 17.2 Å². The topological polar surface area (TPSA) is 61.1 Å². The first-order valence-corrected chi connectivity index (χ1v) is 11.5. The number of imidazole rings is 1. The highest BCUT2D eigenvalue weighted by atomic mass is 19.1. The maximum atomic E-state index is 14.5. The van der Waals surface area contributed by atoms with Crippen molar-refractivity contribution in [1.82, 2.24) is 14.5 Å². The van der Waals surface area contributed by atoms with E-state index in [0.29, 0.717) is 24.4 Å². The molecule has 3 aliphatic heterocycles. The fraction of sp³-hybridized carbons (Fsp3) is 0.308. The van der Waals surface area contributed by atoms with E-state index in [1.807, 2.05) is 40.8 Å². The number of halogens is 2. The smallest absolute Gasteiger partial charge is 0.244 e. The number of nitrogens with zero attached hydrogens (tertiary/aromatic N) is 4. The number of fused-ring (bicyclic) bond motifs is 4. The lowest BCUT2D eigenvalue weighted by molar-refractivity contribution is -0.128. The molecule has 2 aromatic carbocycles. The third-order valence-corrected chi connectivity index (χ3v) is 6.74. The lowest BCUT2D eigenvalue weighted by Gasteiger charge is -2.42. The average molecular weight is 478 g/mol. The number of piperidine rings is 1. The van der Waals surface area contributed by atoms with Gasteiger partial charge in [0.15, 0.2) is 17.4 Å². The van der Waals surface area contributed by atoms with Crippen molar-refractivity contribution < 1.29 is 23.1 Å². The van der Waals surface area contributed by atoms with E-state index in [1.54, 1.807) is 13.4 Å². The molecule has 3 aromatic rings. The monoisotopic (exact) mass is 478 g/mol. The van der Waals surface area contributed by atoms with E-state index in [0.717, 1.165) is 47.2 Å². The lowest BCUT2D eigenvalue weighted by atomic mass is 9.90. The van der Waals surface area contributed by atoms with Crippen LogP contribution in [0.25, 0.3) is 11.8 Å². The van der Waals surface area contributed by atoms with Gasteiger partial charge in [-0.1, -0.05) is 11.2 Å². The Labute approximate surface area is 201 Å². The molecular weight excluding hydrogens is 454 g/mol. The van der Waals surface area contributed by atoms with Crippen molar-refractivity contribution in [3.63, 3.8) is 0 Å². The number of ether oxygens (including phenoxy) is 2. The number of rotatable bonds is 3. The summed E-state index contributed by atoms with van der Waals surface area (Å²) in [6, 6.07) is 8.09. The minimum absolute atomic E-state index is 0.0280. The second kappa shape index (κ2) is 8.11. The zero-order chi connectivity index (χ0) is 24.2. The van der Waals surface area contributed by atoms with Crippen LogP contribution in [0.5, 0.6) is 11.5 Å². The number of oxime groups is 1. The second-order valence-electron chi connectivity index (χ2n) is 8.93. The van der Waals surface area contributed by atoms with Crippen molar-refractivity contribution >= 4 is 11.9 Å². The SMILES string of the molecule is COc1cc(/C=C2\CCCN3C2=NOC32CCOc3c(F)cc(F)cc32)ccc1-n1cnc(C)c1. The molecule has 35 heavy (non-hydrogen) atoms. The Kier molecular flexibility index (Phi) is 5.01. The van der Waals surface area contributed by atoms with E-state index in [-0.39, 0.29) is 12.4 Å². The summed E-state index contributed by atoms with van der Waals surface area (Å²) in [4.78, 5) is 12.3. The average Bonchev–Trinajstić information content (AvgIpc) is 3.45. The summed E-state index contributed by atoms with van der Waals surface area (Å²) < 4.78 is 41.8. The van der Waals surface area contributed by atoms with Crippen molar-refractivity contribution in [1.29, 1.82) is 0 Å². The van der Waals surface area contributed by atoms with Crippen molar-refractivity contribution in [2.24, 2.45) is 5.16 Å². The number of methoxy groups -OCH3 is 1.